The summed E-state index contributed by atoms with van der Waals surface area (Å²) in [6.07, 6.45) is 1.76. The van der Waals surface area contributed by atoms with Gasteiger partial charge in [0.25, 0.3) is 5.91 Å². The van der Waals surface area contributed by atoms with Gasteiger partial charge in [0, 0.05) is 28.7 Å². The summed E-state index contributed by atoms with van der Waals surface area (Å²) in [4.78, 5) is 13.2. The van der Waals surface area contributed by atoms with Crippen molar-refractivity contribution >= 4 is 21.6 Å². The van der Waals surface area contributed by atoms with Gasteiger partial charge in [-0.1, -0.05) is 36.4 Å². The maximum absolute atomic E-state index is 13.0. The van der Waals surface area contributed by atoms with Crippen LogP contribution in [0.4, 0.5) is 5.69 Å². The predicted octanol–water partition coefficient (Wildman–Crippen LogP) is 5.35. The molecular weight excluding hydrogens is 472 g/mol. The highest BCUT2D eigenvalue weighted by molar-refractivity contribution is 7.89. The second kappa shape index (κ2) is 9.82. The number of rotatable bonds is 6. The van der Waals surface area contributed by atoms with E-state index >= 15 is 0 Å². The molecule has 0 radical (unpaired) electrons. The predicted molar refractivity (Wildman–Crippen MR) is 140 cm³/mol. The average Bonchev–Trinajstić information content (AvgIpc) is 3.33. The molecule has 7 nitrogen and oxygen atoms in total. The highest BCUT2D eigenvalue weighted by Crippen LogP contribution is 2.29. The molecule has 4 aromatic rings. The van der Waals surface area contributed by atoms with Gasteiger partial charge in [0.1, 0.15) is 5.69 Å². The minimum absolute atomic E-state index is 0.189. The molecule has 0 aliphatic heterocycles. The summed E-state index contributed by atoms with van der Waals surface area (Å²) >= 11 is 0. The van der Waals surface area contributed by atoms with Gasteiger partial charge in [-0.25, -0.2) is 13.1 Å². The van der Waals surface area contributed by atoms with Crippen LogP contribution in [0.15, 0.2) is 96.0 Å². The van der Waals surface area contributed by atoms with E-state index in [9.17, 15) is 18.5 Å². The van der Waals surface area contributed by atoms with E-state index in [0.29, 0.717) is 33.8 Å². The van der Waals surface area contributed by atoms with Gasteiger partial charge in [-0.2, -0.15) is 5.26 Å². The molecule has 4 rings (SSSR count). The van der Waals surface area contributed by atoms with Crippen molar-refractivity contribution in [1.82, 2.24) is 9.29 Å². The van der Waals surface area contributed by atoms with Gasteiger partial charge in [-0.15, -0.1) is 0 Å². The lowest BCUT2D eigenvalue weighted by Gasteiger charge is -2.21. The van der Waals surface area contributed by atoms with Crippen molar-refractivity contribution < 1.29 is 13.2 Å². The van der Waals surface area contributed by atoms with Crippen molar-refractivity contribution in [1.29, 1.82) is 5.26 Å². The monoisotopic (exact) mass is 498 g/mol. The number of benzene rings is 3. The number of amides is 1. The number of carbonyl (C=O) groups is 1. The van der Waals surface area contributed by atoms with Crippen LogP contribution >= 0.6 is 0 Å². The zero-order chi connectivity index (χ0) is 25.9. The van der Waals surface area contributed by atoms with Crippen molar-refractivity contribution in [2.75, 3.05) is 5.32 Å². The highest BCUT2D eigenvalue weighted by Gasteiger charge is 2.24. The molecule has 182 valence electrons. The molecule has 0 spiro atoms. The van der Waals surface area contributed by atoms with Gasteiger partial charge in [0.05, 0.1) is 16.5 Å². The Hall–Kier alpha value is -4.19. The second-order valence-electron chi connectivity index (χ2n) is 9.31. The highest BCUT2D eigenvalue weighted by atomic mass is 32.2. The van der Waals surface area contributed by atoms with E-state index in [1.807, 2.05) is 6.07 Å². The summed E-state index contributed by atoms with van der Waals surface area (Å²) < 4.78 is 30.4. The van der Waals surface area contributed by atoms with Crippen molar-refractivity contribution in [3.05, 3.63) is 102 Å². The number of hydrogen-bond donors (Lipinski definition) is 2. The summed E-state index contributed by atoms with van der Waals surface area (Å²) in [5.74, 6) is -0.313. The molecule has 3 aromatic carbocycles. The molecule has 0 aliphatic rings. The first-order valence-corrected chi connectivity index (χ1v) is 12.8. The minimum Gasteiger partial charge on any atom is -0.321 e. The van der Waals surface area contributed by atoms with Crippen LogP contribution in [-0.4, -0.2) is 24.4 Å². The first-order chi connectivity index (χ1) is 17.1. The van der Waals surface area contributed by atoms with Crippen LogP contribution in [0.2, 0.25) is 0 Å². The molecule has 1 heterocycles. The van der Waals surface area contributed by atoms with E-state index in [4.69, 9.17) is 0 Å². The standard InChI is InChI=1S/C28H26N4O3S/c1-28(2,3)31-36(34,35)26-12-5-4-10-24(26)21-13-15-22(16-14-21)30-27(33)25-11-7-17-32(25)23-9-6-8-20(18-23)19-29/h4-18,31H,1-3H3,(H,30,33). The quantitative estimate of drug-likeness (QED) is 0.374. The first kappa shape index (κ1) is 24.9. The maximum atomic E-state index is 13.0. The van der Waals surface area contributed by atoms with Crippen molar-refractivity contribution in [3.63, 3.8) is 0 Å². The van der Waals surface area contributed by atoms with Gasteiger partial charge in [-0.3, -0.25) is 4.79 Å². The third-order valence-electron chi connectivity index (χ3n) is 5.31. The fourth-order valence-electron chi connectivity index (χ4n) is 3.84. The van der Waals surface area contributed by atoms with Crippen molar-refractivity contribution in [3.8, 4) is 22.9 Å². The lowest BCUT2D eigenvalue weighted by molar-refractivity contribution is 0.102. The Labute approximate surface area is 211 Å². The number of anilines is 1. The van der Waals surface area contributed by atoms with Crippen LogP contribution in [0.1, 0.15) is 36.8 Å². The largest absolute Gasteiger partial charge is 0.321 e. The Kier molecular flexibility index (Phi) is 6.80. The van der Waals surface area contributed by atoms with Crippen LogP contribution in [0.25, 0.3) is 16.8 Å². The fraction of sp³-hybridized carbons (Fsp3) is 0.143. The number of nitrogens with zero attached hydrogens (tertiary/aromatic N) is 2. The zero-order valence-corrected chi connectivity index (χ0v) is 21.0. The van der Waals surface area contributed by atoms with E-state index in [0.717, 1.165) is 0 Å². The van der Waals surface area contributed by atoms with Gasteiger partial charge in [0.2, 0.25) is 10.0 Å². The summed E-state index contributed by atoms with van der Waals surface area (Å²) in [6.45, 7) is 5.38. The van der Waals surface area contributed by atoms with Crippen molar-refractivity contribution in [2.24, 2.45) is 0 Å². The lowest BCUT2D eigenvalue weighted by atomic mass is 10.1. The topological polar surface area (TPSA) is 104 Å². The number of carbonyl (C=O) groups excluding carboxylic acids is 1. The smallest absolute Gasteiger partial charge is 0.272 e. The summed E-state index contributed by atoms with van der Waals surface area (Å²) in [7, 11) is -3.73. The first-order valence-electron chi connectivity index (χ1n) is 11.3. The molecule has 8 heteroatoms. The molecule has 1 aromatic heterocycles. The zero-order valence-electron chi connectivity index (χ0n) is 20.2. The molecule has 2 N–H and O–H groups in total. The average molecular weight is 499 g/mol. The van der Waals surface area contributed by atoms with Crippen LogP contribution in [0.3, 0.4) is 0 Å². The molecule has 0 saturated heterocycles. The molecule has 0 aliphatic carbocycles. The lowest BCUT2D eigenvalue weighted by Crippen LogP contribution is -2.40. The van der Waals surface area contributed by atoms with Gasteiger partial charge in [-0.05, 0) is 74.9 Å². The summed E-state index contributed by atoms with van der Waals surface area (Å²) in [6, 6.07) is 26.4. The molecule has 0 saturated carbocycles. The van der Waals surface area contributed by atoms with Gasteiger partial charge in [0.15, 0.2) is 0 Å². The minimum atomic E-state index is -3.73. The normalized spacial score (nSPS) is 11.6. The maximum Gasteiger partial charge on any atom is 0.272 e. The van der Waals surface area contributed by atoms with E-state index in [2.05, 4.69) is 16.1 Å². The second-order valence-corrected chi connectivity index (χ2v) is 11.0. The fourth-order valence-corrected chi connectivity index (χ4v) is 5.49. The van der Waals surface area contributed by atoms with E-state index < -0.39 is 15.6 Å². The van der Waals surface area contributed by atoms with E-state index in [1.54, 1.807) is 110 Å². The summed E-state index contributed by atoms with van der Waals surface area (Å²) in [5.41, 5.74) is 2.85. The molecule has 0 fully saturated rings. The number of sulfonamides is 1. The van der Waals surface area contributed by atoms with Crippen LogP contribution in [0, 0.1) is 11.3 Å². The third-order valence-corrected chi connectivity index (χ3v) is 7.12. The molecule has 1 amide bonds. The van der Waals surface area contributed by atoms with Crippen LogP contribution in [0.5, 0.6) is 0 Å². The Morgan fingerprint density at radius 1 is 0.917 bits per heavy atom. The van der Waals surface area contributed by atoms with Crippen LogP contribution < -0.4 is 10.0 Å². The molecule has 0 bridgehead atoms. The molecular formula is C28H26N4O3S. The molecule has 0 atom stereocenters. The Bertz CT molecular complexity index is 1560. The van der Waals surface area contributed by atoms with Crippen molar-refractivity contribution in [2.45, 2.75) is 31.2 Å². The number of hydrogen-bond acceptors (Lipinski definition) is 4. The number of nitrogens with one attached hydrogen (secondary N) is 2. The Morgan fingerprint density at radius 2 is 1.64 bits per heavy atom. The van der Waals surface area contributed by atoms with Gasteiger partial charge < -0.3 is 9.88 Å². The number of aromatic nitrogens is 1. The van der Waals surface area contributed by atoms with E-state index in [1.165, 1.54) is 0 Å². The third kappa shape index (κ3) is 5.54. The molecule has 36 heavy (non-hydrogen) atoms. The van der Waals surface area contributed by atoms with Crippen LogP contribution in [-0.2, 0) is 10.0 Å². The molecule has 0 unspecified atom stereocenters. The Balaban J connectivity index is 1.57. The van der Waals surface area contributed by atoms with E-state index in [-0.39, 0.29) is 10.8 Å². The van der Waals surface area contributed by atoms with Gasteiger partial charge >= 0.3 is 0 Å². The SMILES string of the molecule is CC(C)(C)NS(=O)(=O)c1ccccc1-c1ccc(NC(=O)c2cccn2-c2cccc(C#N)c2)cc1. The summed E-state index contributed by atoms with van der Waals surface area (Å²) in [5, 5.41) is 12.1. The Morgan fingerprint density at radius 3 is 2.33 bits per heavy atom. The number of nitriles is 1.